The number of carbonyl (C=O) groups is 3. The highest BCUT2D eigenvalue weighted by molar-refractivity contribution is 6.36. The second-order valence-electron chi connectivity index (χ2n) is 10.3. The largest absolute Gasteiger partial charge is 0.457 e. The number of halogens is 1. The van der Waals surface area contributed by atoms with E-state index in [1.54, 1.807) is 35.5 Å². The lowest BCUT2D eigenvalue weighted by Gasteiger charge is -2.35. The number of amides is 2. The van der Waals surface area contributed by atoms with E-state index in [2.05, 4.69) is 20.6 Å². The van der Waals surface area contributed by atoms with E-state index in [0.29, 0.717) is 58.0 Å². The van der Waals surface area contributed by atoms with Crippen molar-refractivity contribution in [1.82, 2.24) is 14.9 Å². The molecule has 1 atom stereocenters. The highest BCUT2D eigenvalue weighted by atomic mass is 35.5. The molecule has 2 fully saturated rings. The number of fused-ring (bicyclic) bond motifs is 3. The maximum absolute atomic E-state index is 13.8. The molecule has 3 aliphatic rings. The fourth-order valence-electron chi connectivity index (χ4n) is 5.42. The maximum Gasteiger partial charge on any atom is 0.252 e. The number of H-pyrrole nitrogens is 1. The molecule has 2 amide bonds. The molecule has 3 N–H and O–H groups in total. The van der Waals surface area contributed by atoms with Crippen molar-refractivity contribution in [2.45, 2.75) is 24.8 Å². The predicted molar refractivity (Wildman–Crippen MR) is 146 cm³/mol. The Morgan fingerprint density at radius 1 is 1.08 bits per heavy atom. The molecular formula is C29H24ClN5O4. The second kappa shape index (κ2) is 8.84. The Morgan fingerprint density at radius 2 is 1.90 bits per heavy atom. The molecule has 1 aliphatic carbocycles. The van der Waals surface area contributed by atoms with Crippen LogP contribution in [0.5, 0.6) is 11.5 Å². The standard InChI is InChI=1S/C29H24ClN5O4/c30-21-12-18(39-17-4-2-1-3-5-17)8-9-19(21)25(36)20-13-31-26-23(20)24-22(14-32-26)33-28(38)29(34-24)10-11-35(15-29)27(37)16-6-7-16/h1-5,8-9,12-14,16,34H,6-7,10-11,15H2,(H,31,32)(H,33,38). The van der Waals surface area contributed by atoms with Gasteiger partial charge in [-0.05, 0) is 43.5 Å². The minimum absolute atomic E-state index is 0.0816. The average Bonchev–Trinajstić information content (AvgIpc) is 3.56. The van der Waals surface area contributed by atoms with Gasteiger partial charge in [0.2, 0.25) is 5.91 Å². The minimum atomic E-state index is -0.975. The number of nitrogens with zero attached hydrogens (tertiary/aromatic N) is 2. The topological polar surface area (TPSA) is 116 Å². The summed E-state index contributed by atoms with van der Waals surface area (Å²) in [6.45, 7) is 0.783. The molecule has 2 aliphatic heterocycles. The molecular weight excluding hydrogens is 518 g/mol. The SMILES string of the molecule is O=C(c1ccc(Oc2ccccc2)cc1Cl)c1c[nH]c2ncc3c(c12)NC1(CCN(C(=O)C2CC2)C1)C(=O)N3. The van der Waals surface area contributed by atoms with E-state index in [4.69, 9.17) is 16.3 Å². The first-order valence-corrected chi connectivity index (χ1v) is 13.3. The van der Waals surface area contributed by atoms with Crippen molar-refractivity contribution >= 4 is 51.6 Å². The number of likely N-dealkylation sites (tertiary alicyclic amines) is 1. The van der Waals surface area contributed by atoms with Gasteiger partial charge < -0.3 is 25.3 Å². The molecule has 2 aromatic carbocycles. The molecule has 2 aromatic heterocycles. The van der Waals surface area contributed by atoms with Crippen LogP contribution >= 0.6 is 11.6 Å². The van der Waals surface area contributed by atoms with Gasteiger partial charge >= 0.3 is 0 Å². The molecule has 9 nitrogen and oxygen atoms in total. The third-order valence-electron chi connectivity index (χ3n) is 7.66. The number of carbonyl (C=O) groups excluding carboxylic acids is 3. The van der Waals surface area contributed by atoms with E-state index in [1.807, 2.05) is 30.3 Å². The van der Waals surface area contributed by atoms with Crippen molar-refractivity contribution in [2.24, 2.45) is 5.92 Å². The smallest absolute Gasteiger partial charge is 0.252 e. The third kappa shape index (κ3) is 4.01. The number of ether oxygens (including phenoxy) is 1. The summed E-state index contributed by atoms with van der Waals surface area (Å²) in [5.41, 5.74) is 1.29. The van der Waals surface area contributed by atoms with Crippen LogP contribution in [-0.4, -0.2) is 51.1 Å². The number of hydrogen-bond acceptors (Lipinski definition) is 6. The molecule has 0 bridgehead atoms. The quantitative estimate of drug-likeness (QED) is 0.307. The van der Waals surface area contributed by atoms with Gasteiger partial charge in [-0.25, -0.2) is 4.98 Å². The number of para-hydroxylation sites is 1. The van der Waals surface area contributed by atoms with Crippen molar-refractivity contribution in [2.75, 3.05) is 23.7 Å². The van der Waals surface area contributed by atoms with E-state index in [1.165, 1.54) is 0 Å². The molecule has 1 unspecified atom stereocenters. The first-order chi connectivity index (χ1) is 18.9. The zero-order valence-corrected chi connectivity index (χ0v) is 21.5. The lowest BCUT2D eigenvalue weighted by molar-refractivity contribution is -0.131. The van der Waals surface area contributed by atoms with Crippen LogP contribution in [0.15, 0.2) is 60.9 Å². The molecule has 1 saturated heterocycles. The third-order valence-corrected chi connectivity index (χ3v) is 7.98. The summed E-state index contributed by atoms with van der Waals surface area (Å²) in [5, 5.41) is 7.19. The van der Waals surface area contributed by atoms with Crippen molar-refractivity contribution in [1.29, 1.82) is 0 Å². The lowest BCUT2D eigenvalue weighted by Crippen LogP contribution is -2.54. The van der Waals surface area contributed by atoms with Crippen LogP contribution in [0.25, 0.3) is 11.0 Å². The Kier molecular flexibility index (Phi) is 5.38. The number of aromatic nitrogens is 2. The van der Waals surface area contributed by atoms with E-state index in [9.17, 15) is 14.4 Å². The van der Waals surface area contributed by atoms with Gasteiger partial charge in [0.15, 0.2) is 5.78 Å². The van der Waals surface area contributed by atoms with Crippen LogP contribution in [0.1, 0.15) is 35.2 Å². The summed E-state index contributed by atoms with van der Waals surface area (Å²) in [6.07, 6.45) is 5.46. The monoisotopic (exact) mass is 541 g/mol. The number of rotatable bonds is 5. The summed E-state index contributed by atoms with van der Waals surface area (Å²) in [4.78, 5) is 48.9. The number of benzene rings is 2. The van der Waals surface area contributed by atoms with Crippen LogP contribution in [0.4, 0.5) is 11.4 Å². The molecule has 7 rings (SSSR count). The van der Waals surface area contributed by atoms with Gasteiger partial charge in [-0.3, -0.25) is 14.4 Å². The first-order valence-electron chi connectivity index (χ1n) is 12.9. The van der Waals surface area contributed by atoms with E-state index in [-0.39, 0.29) is 35.1 Å². The lowest BCUT2D eigenvalue weighted by atomic mass is 9.92. The van der Waals surface area contributed by atoms with Gasteiger partial charge in [0, 0.05) is 30.3 Å². The Balaban J connectivity index is 1.22. The zero-order valence-electron chi connectivity index (χ0n) is 20.8. The molecule has 1 saturated carbocycles. The van der Waals surface area contributed by atoms with Crippen molar-refractivity contribution in [3.63, 3.8) is 0 Å². The summed E-state index contributed by atoms with van der Waals surface area (Å²) in [7, 11) is 0. The Hall–Kier alpha value is -4.37. The fourth-order valence-corrected chi connectivity index (χ4v) is 5.68. The van der Waals surface area contributed by atoms with Crippen molar-refractivity contribution < 1.29 is 19.1 Å². The van der Waals surface area contributed by atoms with Crippen molar-refractivity contribution in [3.8, 4) is 11.5 Å². The molecule has 39 heavy (non-hydrogen) atoms. The number of nitrogens with one attached hydrogen (secondary N) is 3. The predicted octanol–water partition coefficient (Wildman–Crippen LogP) is 4.98. The molecule has 4 aromatic rings. The number of hydrogen-bond donors (Lipinski definition) is 3. The van der Waals surface area contributed by atoms with Crippen LogP contribution in [0.2, 0.25) is 5.02 Å². The fraction of sp³-hybridized carbons (Fsp3) is 0.241. The highest BCUT2D eigenvalue weighted by Gasteiger charge is 2.50. The molecule has 0 radical (unpaired) electrons. The molecule has 1 spiro atoms. The molecule has 10 heteroatoms. The zero-order chi connectivity index (χ0) is 26.7. The first kappa shape index (κ1) is 23.7. The summed E-state index contributed by atoms with van der Waals surface area (Å²) < 4.78 is 5.85. The van der Waals surface area contributed by atoms with Gasteiger partial charge in [-0.1, -0.05) is 29.8 Å². The molecule has 196 valence electrons. The molecule has 4 heterocycles. The summed E-state index contributed by atoms with van der Waals surface area (Å²) in [5.74, 6) is 0.865. The number of pyridine rings is 1. The van der Waals surface area contributed by atoms with Crippen molar-refractivity contribution in [3.05, 3.63) is 77.1 Å². The Morgan fingerprint density at radius 3 is 2.67 bits per heavy atom. The summed E-state index contributed by atoms with van der Waals surface area (Å²) in [6, 6.07) is 14.3. The van der Waals surface area contributed by atoms with Crippen LogP contribution < -0.4 is 15.4 Å². The van der Waals surface area contributed by atoms with Gasteiger partial charge in [0.25, 0.3) is 5.91 Å². The van der Waals surface area contributed by atoms with Gasteiger partial charge in [0.1, 0.15) is 22.7 Å². The Bertz CT molecular complexity index is 1670. The van der Waals surface area contributed by atoms with Crippen LogP contribution in [0, 0.1) is 5.92 Å². The van der Waals surface area contributed by atoms with Gasteiger partial charge in [-0.2, -0.15) is 0 Å². The minimum Gasteiger partial charge on any atom is -0.457 e. The van der Waals surface area contributed by atoms with E-state index in [0.717, 1.165) is 12.8 Å². The number of aromatic amines is 1. The second-order valence-corrected chi connectivity index (χ2v) is 10.7. The van der Waals surface area contributed by atoms with E-state index >= 15 is 0 Å². The number of ketones is 1. The van der Waals surface area contributed by atoms with Crippen LogP contribution in [-0.2, 0) is 9.59 Å². The highest BCUT2D eigenvalue weighted by Crippen LogP contribution is 2.42. The average molecular weight is 542 g/mol. The normalized spacial score (nSPS) is 20.0. The van der Waals surface area contributed by atoms with Gasteiger partial charge in [-0.15, -0.1) is 0 Å². The van der Waals surface area contributed by atoms with Gasteiger partial charge in [0.05, 0.1) is 40.1 Å². The van der Waals surface area contributed by atoms with E-state index < -0.39 is 5.54 Å². The number of anilines is 2. The van der Waals surface area contributed by atoms with Crippen LogP contribution in [0.3, 0.4) is 0 Å². The Labute approximate surface area is 228 Å². The maximum atomic E-state index is 13.8. The summed E-state index contributed by atoms with van der Waals surface area (Å²) >= 11 is 6.56.